The Balaban J connectivity index is 2.29. The quantitative estimate of drug-likeness (QED) is 0.866. The second-order valence-corrected chi connectivity index (χ2v) is 3.55. The van der Waals surface area contributed by atoms with E-state index in [9.17, 15) is 9.90 Å². The average Bonchev–Trinajstić information content (AvgIpc) is 2.39. The van der Waals surface area contributed by atoms with Gasteiger partial charge in [0.25, 0.3) is 5.91 Å². The zero-order chi connectivity index (χ0) is 13.0. The van der Waals surface area contributed by atoms with Gasteiger partial charge in [-0.25, -0.2) is 0 Å². The number of nitrogens with one attached hydrogen (secondary N) is 1. The number of anilines is 1. The van der Waals surface area contributed by atoms with Gasteiger partial charge in [0, 0.05) is 6.20 Å². The van der Waals surface area contributed by atoms with E-state index in [0.717, 1.165) is 0 Å². The van der Waals surface area contributed by atoms with E-state index >= 15 is 0 Å². The lowest BCUT2D eigenvalue weighted by molar-refractivity contribution is 0.102. The highest BCUT2D eigenvalue weighted by molar-refractivity contribution is 6.08. The van der Waals surface area contributed by atoms with Crippen LogP contribution in [-0.2, 0) is 0 Å². The van der Waals surface area contributed by atoms with Gasteiger partial charge in [-0.1, -0.05) is 6.07 Å². The Bertz CT molecular complexity index is 555. The number of carbonyl (C=O) groups excluding carboxylic acids is 1. The molecule has 18 heavy (non-hydrogen) atoms. The Labute approximate surface area is 104 Å². The highest BCUT2D eigenvalue weighted by atomic mass is 16.5. The fourth-order valence-corrected chi connectivity index (χ4v) is 1.55. The molecule has 5 heteroatoms. The van der Waals surface area contributed by atoms with Crippen LogP contribution in [0.2, 0.25) is 0 Å². The molecular formula is C13H12N2O3. The van der Waals surface area contributed by atoms with Crippen LogP contribution in [0.3, 0.4) is 0 Å². The summed E-state index contributed by atoms with van der Waals surface area (Å²) in [7, 11) is 1.44. The molecule has 0 aliphatic carbocycles. The summed E-state index contributed by atoms with van der Waals surface area (Å²) >= 11 is 0. The minimum Gasteiger partial charge on any atom is -0.507 e. The van der Waals surface area contributed by atoms with E-state index in [1.807, 2.05) is 0 Å². The van der Waals surface area contributed by atoms with Crippen molar-refractivity contribution in [2.75, 3.05) is 12.4 Å². The van der Waals surface area contributed by atoms with Crippen LogP contribution in [0.5, 0.6) is 11.5 Å². The monoisotopic (exact) mass is 244 g/mol. The summed E-state index contributed by atoms with van der Waals surface area (Å²) in [5.74, 6) is -0.259. The van der Waals surface area contributed by atoms with Gasteiger partial charge in [0.05, 0.1) is 19.0 Å². The number of aromatic hydroxyl groups is 1. The number of pyridine rings is 1. The number of phenols is 1. The van der Waals surface area contributed by atoms with Crippen molar-refractivity contribution in [2.24, 2.45) is 0 Å². The number of aromatic nitrogens is 1. The fraction of sp³-hybridized carbons (Fsp3) is 0.0769. The van der Waals surface area contributed by atoms with E-state index in [1.165, 1.54) is 19.4 Å². The molecule has 2 rings (SSSR count). The number of benzene rings is 1. The molecule has 2 N–H and O–H groups in total. The molecule has 0 radical (unpaired) electrons. The van der Waals surface area contributed by atoms with Crippen LogP contribution in [0.1, 0.15) is 10.4 Å². The van der Waals surface area contributed by atoms with Gasteiger partial charge < -0.3 is 15.2 Å². The first kappa shape index (κ1) is 11.9. The predicted molar refractivity (Wildman–Crippen MR) is 66.8 cm³/mol. The third kappa shape index (κ3) is 2.40. The predicted octanol–water partition coefficient (Wildman–Crippen LogP) is 2.05. The van der Waals surface area contributed by atoms with Gasteiger partial charge in [0.2, 0.25) is 0 Å². The van der Waals surface area contributed by atoms with Gasteiger partial charge >= 0.3 is 0 Å². The number of amides is 1. The zero-order valence-electron chi connectivity index (χ0n) is 9.75. The number of phenolic OH excluding ortho intramolecular Hbond substituents is 1. The highest BCUT2D eigenvalue weighted by Gasteiger charge is 2.16. The highest BCUT2D eigenvalue weighted by Crippen LogP contribution is 2.27. The molecule has 1 heterocycles. The molecule has 0 aliphatic rings. The van der Waals surface area contributed by atoms with Crippen molar-refractivity contribution < 1.29 is 14.6 Å². The number of rotatable bonds is 3. The van der Waals surface area contributed by atoms with E-state index < -0.39 is 5.91 Å². The molecule has 0 bridgehead atoms. The SMILES string of the molecule is COc1cccc(O)c1C(=O)Nc1cccnc1. The van der Waals surface area contributed by atoms with Crippen molar-refractivity contribution in [2.45, 2.75) is 0 Å². The number of methoxy groups -OCH3 is 1. The van der Waals surface area contributed by atoms with E-state index in [1.54, 1.807) is 30.5 Å². The van der Waals surface area contributed by atoms with Gasteiger partial charge in [-0.05, 0) is 24.3 Å². The summed E-state index contributed by atoms with van der Waals surface area (Å²) in [6, 6.07) is 8.06. The van der Waals surface area contributed by atoms with Gasteiger partial charge in [0.15, 0.2) is 0 Å². The van der Waals surface area contributed by atoms with Crippen molar-refractivity contribution in [3.8, 4) is 11.5 Å². The molecule has 92 valence electrons. The van der Waals surface area contributed by atoms with E-state index in [-0.39, 0.29) is 11.3 Å². The second kappa shape index (κ2) is 5.18. The van der Waals surface area contributed by atoms with Crippen molar-refractivity contribution in [1.82, 2.24) is 4.98 Å². The lowest BCUT2D eigenvalue weighted by atomic mass is 10.1. The lowest BCUT2D eigenvalue weighted by Crippen LogP contribution is -2.13. The first-order valence-electron chi connectivity index (χ1n) is 5.29. The first-order valence-corrected chi connectivity index (χ1v) is 5.29. The van der Waals surface area contributed by atoms with Crippen molar-refractivity contribution in [1.29, 1.82) is 0 Å². The maximum atomic E-state index is 12.0. The average molecular weight is 244 g/mol. The summed E-state index contributed by atoms with van der Waals surface area (Å²) in [6.45, 7) is 0. The molecule has 0 aliphatic heterocycles. The first-order chi connectivity index (χ1) is 8.72. The molecule has 0 fully saturated rings. The summed E-state index contributed by atoms with van der Waals surface area (Å²) in [4.78, 5) is 15.9. The summed E-state index contributed by atoms with van der Waals surface area (Å²) in [5.41, 5.74) is 0.650. The smallest absolute Gasteiger partial charge is 0.263 e. The number of carbonyl (C=O) groups is 1. The lowest BCUT2D eigenvalue weighted by Gasteiger charge is -2.10. The molecule has 0 saturated heterocycles. The Kier molecular flexibility index (Phi) is 3.43. The Hall–Kier alpha value is -2.56. The molecule has 0 saturated carbocycles. The molecule has 0 spiro atoms. The van der Waals surface area contributed by atoms with Gasteiger partial charge in [-0.3, -0.25) is 9.78 Å². The van der Waals surface area contributed by atoms with Crippen LogP contribution in [0.25, 0.3) is 0 Å². The molecule has 0 atom stereocenters. The van der Waals surface area contributed by atoms with Gasteiger partial charge in [-0.15, -0.1) is 0 Å². The maximum absolute atomic E-state index is 12.0. The molecule has 1 aromatic carbocycles. The van der Waals surface area contributed by atoms with Crippen LogP contribution in [0, 0.1) is 0 Å². The van der Waals surface area contributed by atoms with Crippen LogP contribution >= 0.6 is 0 Å². The Morgan fingerprint density at radius 2 is 2.17 bits per heavy atom. The topological polar surface area (TPSA) is 71.5 Å². The van der Waals surface area contributed by atoms with E-state index in [4.69, 9.17) is 4.74 Å². The molecule has 5 nitrogen and oxygen atoms in total. The number of hydrogen-bond donors (Lipinski definition) is 2. The largest absolute Gasteiger partial charge is 0.507 e. The normalized spacial score (nSPS) is 9.83. The van der Waals surface area contributed by atoms with Crippen molar-refractivity contribution in [3.05, 3.63) is 48.3 Å². The van der Waals surface area contributed by atoms with E-state index in [0.29, 0.717) is 11.4 Å². The second-order valence-electron chi connectivity index (χ2n) is 3.55. The third-order valence-corrected chi connectivity index (χ3v) is 2.37. The summed E-state index contributed by atoms with van der Waals surface area (Å²) in [5, 5.41) is 12.3. The standard InChI is InChI=1S/C13H12N2O3/c1-18-11-6-2-5-10(16)12(11)13(17)15-9-4-3-7-14-8-9/h2-8,16H,1H3,(H,15,17). The third-order valence-electron chi connectivity index (χ3n) is 2.37. The number of ether oxygens (including phenoxy) is 1. The number of hydrogen-bond acceptors (Lipinski definition) is 4. The fourth-order valence-electron chi connectivity index (χ4n) is 1.55. The molecular weight excluding hydrogens is 232 g/mol. The maximum Gasteiger partial charge on any atom is 0.263 e. The van der Waals surface area contributed by atoms with Crippen LogP contribution in [0.15, 0.2) is 42.7 Å². The van der Waals surface area contributed by atoms with Crippen LogP contribution < -0.4 is 10.1 Å². The Morgan fingerprint density at radius 3 is 2.83 bits per heavy atom. The van der Waals surface area contributed by atoms with Crippen LogP contribution in [0.4, 0.5) is 5.69 Å². The van der Waals surface area contributed by atoms with Crippen molar-refractivity contribution in [3.63, 3.8) is 0 Å². The van der Waals surface area contributed by atoms with E-state index in [2.05, 4.69) is 10.3 Å². The minimum absolute atomic E-state index is 0.101. The summed E-state index contributed by atoms with van der Waals surface area (Å²) in [6.07, 6.45) is 3.13. The van der Waals surface area contributed by atoms with Gasteiger partial charge in [0.1, 0.15) is 17.1 Å². The molecule has 1 aromatic heterocycles. The minimum atomic E-state index is -0.446. The number of nitrogens with zero attached hydrogens (tertiary/aromatic N) is 1. The zero-order valence-corrected chi connectivity index (χ0v) is 9.75. The van der Waals surface area contributed by atoms with Crippen LogP contribution in [-0.4, -0.2) is 23.1 Å². The molecule has 2 aromatic rings. The Morgan fingerprint density at radius 1 is 1.33 bits per heavy atom. The molecule has 1 amide bonds. The summed E-state index contributed by atoms with van der Waals surface area (Å²) < 4.78 is 5.05. The van der Waals surface area contributed by atoms with Gasteiger partial charge in [-0.2, -0.15) is 0 Å². The molecule has 0 unspecified atom stereocenters. The van der Waals surface area contributed by atoms with Crippen molar-refractivity contribution >= 4 is 11.6 Å².